The van der Waals surface area contributed by atoms with Crippen molar-refractivity contribution in [2.24, 2.45) is 5.73 Å². The van der Waals surface area contributed by atoms with Gasteiger partial charge in [0.2, 0.25) is 0 Å². The second kappa shape index (κ2) is 8.32. The van der Waals surface area contributed by atoms with E-state index in [0.717, 1.165) is 37.4 Å². The fourth-order valence-corrected chi connectivity index (χ4v) is 2.71. The molecule has 0 aliphatic carbocycles. The number of hydrogen-bond acceptors (Lipinski definition) is 4. The molecule has 0 saturated carbocycles. The van der Waals surface area contributed by atoms with E-state index in [1.807, 2.05) is 24.3 Å². The molecule has 2 rings (SSSR count). The Hall–Kier alpha value is -1.17. The maximum Gasteiger partial charge on any atom is 0.129 e. The van der Waals surface area contributed by atoms with Crippen molar-refractivity contribution in [3.8, 4) is 5.75 Å². The summed E-state index contributed by atoms with van der Waals surface area (Å²) >= 11 is 5.03. The first-order valence-corrected chi connectivity index (χ1v) is 7.89. The first-order chi connectivity index (χ1) is 10.2. The second-order valence-corrected chi connectivity index (χ2v) is 5.90. The number of ether oxygens (including phenoxy) is 2. The second-order valence-electron chi connectivity index (χ2n) is 5.46. The van der Waals surface area contributed by atoms with Crippen molar-refractivity contribution in [3.05, 3.63) is 29.8 Å². The molecule has 5 heteroatoms. The monoisotopic (exact) mass is 308 g/mol. The molecule has 4 nitrogen and oxygen atoms in total. The van der Waals surface area contributed by atoms with Crippen LogP contribution in [0.15, 0.2) is 24.3 Å². The van der Waals surface area contributed by atoms with Crippen molar-refractivity contribution in [3.63, 3.8) is 0 Å². The fourth-order valence-electron chi connectivity index (χ4n) is 2.54. The number of para-hydroxylation sites is 1. The summed E-state index contributed by atoms with van der Waals surface area (Å²) in [5.74, 6) is 0.770. The van der Waals surface area contributed by atoms with E-state index in [4.69, 9.17) is 27.4 Å². The minimum atomic E-state index is 0.376. The van der Waals surface area contributed by atoms with E-state index in [1.165, 1.54) is 12.8 Å². The molecule has 2 N–H and O–H groups in total. The van der Waals surface area contributed by atoms with Gasteiger partial charge in [0.1, 0.15) is 10.7 Å². The van der Waals surface area contributed by atoms with Crippen molar-refractivity contribution < 1.29 is 9.47 Å². The molecule has 0 radical (unpaired) electrons. The quantitative estimate of drug-likeness (QED) is 0.589. The summed E-state index contributed by atoms with van der Waals surface area (Å²) in [5.41, 5.74) is 6.49. The summed E-state index contributed by atoms with van der Waals surface area (Å²) in [7, 11) is 2.13. The van der Waals surface area contributed by atoms with Crippen molar-refractivity contribution in [1.82, 2.24) is 4.90 Å². The highest BCUT2D eigenvalue weighted by Gasteiger charge is 2.16. The Morgan fingerprint density at radius 2 is 2.29 bits per heavy atom. The lowest BCUT2D eigenvalue weighted by Gasteiger charge is -2.20. The topological polar surface area (TPSA) is 47.7 Å². The van der Waals surface area contributed by atoms with Crippen molar-refractivity contribution in [2.75, 3.05) is 33.4 Å². The zero-order valence-electron chi connectivity index (χ0n) is 12.6. The van der Waals surface area contributed by atoms with Gasteiger partial charge in [-0.15, -0.1) is 0 Å². The molecule has 1 atom stereocenters. The Balaban J connectivity index is 1.68. The predicted molar refractivity (Wildman–Crippen MR) is 88.9 cm³/mol. The summed E-state index contributed by atoms with van der Waals surface area (Å²) in [6.45, 7) is 3.57. The highest BCUT2D eigenvalue weighted by molar-refractivity contribution is 7.80. The van der Waals surface area contributed by atoms with Crippen LogP contribution in [0.2, 0.25) is 0 Å². The Labute approximate surface area is 132 Å². The zero-order valence-corrected chi connectivity index (χ0v) is 13.4. The van der Waals surface area contributed by atoms with Gasteiger partial charge in [-0.05, 0) is 38.4 Å². The van der Waals surface area contributed by atoms with E-state index >= 15 is 0 Å². The van der Waals surface area contributed by atoms with E-state index in [0.29, 0.717) is 17.7 Å². The molecule has 0 aromatic heterocycles. The van der Waals surface area contributed by atoms with Crippen LogP contribution in [0.5, 0.6) is 5.75 Å². The average molecular weight is 308 g/mol. The number of benzene rings is 1. The largest absolute Gasteiger partial charge is 0.493 e. The highest BCUT2D eigenvalue weighted by Crippen LogP contribution is 2.18. The van der Waals surface area contributed by atoms with Gasteiger partial charge >= 0.3 is 0 Å². The molecular weight excluding hydrogens is 284 g/mol. The molecule has 1 heterocycles. The standard InChI is InChI=1S/C16H24N2O2S/c1-18(12-13-6-4-10-19-13)9-5-11-20-15-8-3-2-7-14(15)16(17)21/h2-3,7-8,13H,4-6,9-12H2,1H3,(H2,17,21). The number of nitrogens with zero attached hydrogens (tertiary/aromatic N) is 1. The molecule has 1 aliphatic rings. The SMILES string of the molecule is CN(CCCOc1ccccc1C(N)=S)CC1CCCO1. The van der Waals surface area contributed by atoms with Gasteiger partial charge < -0.3 is 20.1 Å². The van der Waals surface area contributed by atoms with E-state index in [9.17, 15) is 0 Å². The van der Waals surface area contributed by atoms with Crippen LogP contribution in [0, 0.1) is 0 Å². The molecule has 1 aromatic carbocycles. The molecule has 0 amide bonds. The van der Waals surface area contributed by atoms with E-state index < -0.39 is 0 Å². The Morgan fingerprint density at radius 1 is 1.48 bits per heavy atom. The van der Waals surface area contributed by atoms with E-state index in [-0.39, 0.29) is 0 Å². The van der Waals surface area contributed by atoms with Gasteiger partial charge in [-0.1, -0.05) is 24.4 Å². The van der Waals surface area contributed by atoms with Crippen molar-refractivity contribution in [1.29, 1.82) is 0 Å². The van der Waals surface area contributed by atoms with E-state index in [2.05, 4.69) is 11.9 Å². The Kier molecular flexibility index (Phi) is 6.42. The zero-order chi connectivity index (χ0) is 15.1. The number of rotatable bonds is 8. The van der Waals surface area contributed by atoms with Crippen LogP contribution in [0.3, 0.4) is 0 Å². The molecule has 0 spiro atoms. The van der Waals surface area contributed by atoms with Crippen LogP contribution in [0.1, 0.15) is 24.8 Å². The molecule has 0 bridgehead atoms. The molecule has 1 fully saturated rings. The maximum atomic E-state index is 5.79. The normalized spacial score (nSPS) is 18.1. The van der Waals surface area contributed by atoms with Gasteiger partial charge in [0.25, 0.3) is 0 Å². The van der Waals surface area contributed by atoms with Gasteiger partial charge in [-0.25, -0.2) is 0 Å². The third kappa shape index (κ3) is 5.26. The molecule has 116 valence electrons. The Morgan fingerprint density at radius 3 is 3.00 bits per heavy atom. The predicted octanol–water partition coefficient (Wildman–Crippen LogP) is 2.20. The first kappa shape index (κ1) is 16.2. The summed E-state index contributed by atoms with van der Waals surface area (Å²) in [6.07, 6.45) is 3.75. The van der Waals surface area contributed by atoms with Crippen molar-refractivity contribution in [2.45, 2.75) is 25.4 Å². The van der Waals surface area contributed by atoms with E-state index in [1.54, 1.807) is 0 Å². The van der Waals surface area contributed by atoms with Crippen LogP contribution < -0.4 is 10.5 Å². The van der Waals surface area contributed by atoms with Crippen LogP contribution in [-0.2, 0) is 4.74 Å². The molecular formula is C16H24N2O2S. The molecule has 21 heavy (non-hydrogen) atoms. The fraction of sp³-hybridized carbons (Fsp3) is 0.562. The van der Waals surface area contributed by atoms with Gasteiger partial charge in [-0.2, -0.15) is 0 Å². The highest BCUT2D eigenvalue weighted by atomic mass is 32.1. The minimum Gasteiger partial charge on any atom is -0.493 e. The number of hydrogen-bond donors (Lipinski definition) is 1. The lowest BCUT2D eigenvalue weighted by atomic mass is 10.2. The lowest BCUT2D eigenvalue weighted by Crippen LogP contribution is -2.30. The van der Waals surface area contributed by atoms with Crippen LogP contribution >= 0.6 is 12.2 Å². The number of thiocarbonyl (C=S) groups is 1. The molecule has 1 saturated heterocycles. The maximum absolute atomic E-state index is 5.79. The summed E-state index contributed by atoms with van der Waals surface area (Å²) in [5, 5.41) is 0. The van der Waals surface area contributed by atoms with Crippen molar-refractivity contribution >= 4 is 17.2 Å². The molecule has 1 aromatic rings. The number of nitrogens with two attached hydrogens (primary N) is 1. The average Bonchev–Trinajstić information content (AvgIpc) is 2.96. The minimum absolute atomic E-state index is 0.376. The van der Waals surface area contributed by atoms with Gasteiger partial charge in [-0.3, -0.25) is 0 Å². The smallest absolute Gasteiger partial charge is 0.129 e. The van der Waals surface area contributed by atoms with Crippen LogP contribution in [0.4, 0.5) is 0 Å². The lowest BCUT2D eigenvalue weighted by molar-refractivity contribution is 0.0797. The Bertz CT molecular complexity index is 461. The first-order valence-electron chi connectivity index (χ1n) is 7.48. The van der Waals surface area contributed by atoms with Crippen LogP contribution in [-0.4, -0.2) is 49.3 Å². The summed E-state index contributed by atoms with van der Waals surface area (Å²) < 4.78 is 11.4. The summed E-state index contributed by atoms with van der Waals surface area (Å²) in [6, 6.07) is 7.64. The van der Waals surface area contributed by atoms with Crippen LogP contribution in [0.25, 0.3) is 0 Å². The van der Waals surface area contributed by atoms with Gasteiger partial charge in [0.15, 0.2) is 0 Å². The molecule has 1 unspecified atom stereocenters. The van der Waals surface area contributed by atoms with Gasteiger partial charge in [0, 0.05) is 19.7 Å². The summed E-state index contributed by atoms with van der Waals surface area (Å²) in [4.78, 5) is 2.68. The number of likely N-dealkylation sites (N-methyl/N-ethyl adjacent to an activating group) is 1. The molecule has 1 aliphatic heterocycles. The van der Waals surface area contributed by atoms with Gasteiger partial charge in [0.05, 0.1) is 18.3 Å². The third-order valence-corrected chi connectivity index (χ3v) is 3.85. The third-order valence-electron chi connectivity index (χ3n) is 3.63.